The van der Waals surface area contributed by atoms with Crippen LogP contribution in [0, 0.1) is 0 Å². The van der Waals surface area contributed by atoms with E-state index in [4.69, 9.17) is 11.6 Å². The minimum absolute atomic E-state index is 0.118. The van der Waals surface area contributed by atoms with Crippen molar-refractivity contribution in [2.75, 3.05) is 14.1 Å². The molecule has 30 heavy (non-hydrogen) atoms. The molecule has 1 aromatic heterocycles. The molecule has 8 nitrogen and oxygen atoms in total. The van der Waals surface area contributed by atoms with E-state index in [1.54, 1.807) is 55.4 Å². The van der Waals surface area contributed by atoms with Crippen LogP contribution >= 0.6 is 11.6 Å². The summed E-state index contributed by atoms with van der Waals surface area (Å²) in [5.74, 6) is 0.170. The Morgan fingerprint density at radius 2 is 1.80 bits per heavy atom. The van der Waals surface area contributed by atoms with Gasteiger partial charge in [0.2, 0.25) is 11.7 Å². The molecule has 0 fully saturated rings. The van der Waals surface area contributed by atoms with Crippen LogP contribution in [0.25, 0.3) is 11.4 Å². The quantitative estimate of drug-likeness (QED) is 0.627. The van der Waals surface area contributed by atoms with Gasteiger partial charge in [0.1, 0.15) is 0 Å². The van der Waals surface area contributed by atoms with Crippen molar-refractivity contribution in [1.82, 2.24) is 30.4 Å². The average Bonchev–Trinajstić information content (AvgIpc) is 3.24. The molecule has 0 bridgehead atoms. The molecule has 1 atom stereocenters. The van der Waals surface area contributed by atoms with Crippen LogP contribution in [0.1, 0.15) is 35.3 Å². The highest BCUT2D eigenvalue weighted by Gasteiger charge is 2.25. The minimum atomic E-state index is -0.561. The van der Waals surface area contributed by atoms with Crippen LogP contribution in [-0.4, -0.2) is 51.0 Å². The summed E-state index contributed by atoms with van der Waals surface area (Å²) < 4.78 is 0. The molecule has 1 N–H and O–H groups in total. The van der Waals surface area contributed by atoms with Gasteiger partial charge in [-0.1, -0.05) is 30.7 Å². The van der Waals surface area contributed by atoms with Crippen molar-refractivity contribution in [1.29, 1.82) is 0 Å². The van der Waals surface area contributed by atoms with Crippen LogP contribution in [0.5, 0.6) is 0 Å². The number of carbonyl (C=O) groups is 2. The lowest BCUT2D eigenvalue weighted by Gasteiger charge is -2.22. The van der Waals surface area contributed by atoms with E-state index < -0.39 is 6.04 Å². The maximum absolute atomic E-state index is 13.0. The van der Waals surface area contributed by atoms with E-state index in [9.17, 15) is 9.59 Å². The monoisotopic (exact) mass is 426 g/mol. The van der Waals surface area contributed by atoms with Gasteiger partial charge in [-0.15, -0.1) is 10.2 Å². The summed E-state index contributed by atoms with van der Waals surface area (Å²) in [5, 5.41) is 15.8. The van der Waals surface area contributed by atoms with Crippen LogP contribution in [-0.2, 0) is 11.3 Å². The van der Waals surface area contributed by atoms with Gasteiger partial charge in [0, 0.05) is 36.8 Å². The number of hydrogen-bond donors (Lipinski definition) is 1. The third-order valence-corrected chi connectivity index (χ3v) is 4.97. The first-order chi connectivity index (χ1) is 14.4. The van der Waals surface area contributed by atoms with Crippen molar-refractivity contribution in [2.24, 2.45) is 0 Å². The van der Waals surface area contributed by atoms with Crippen LogP contribution in [0.3, 0.4) is 0 Å². The number of nitrogens with zero attached hydrogens (tertiary/aromatic N) is 5. The largest absolute Gasteiger partial charge is 0.355 e. The Labute approximate surface area is 179 Å². The number of nitrogens with one attached hydrogen (secondary N) is 1. The fourth-order valence-corrected chi connectivity index (χ4v) is 3.15. The van der Waals surface area contributed by atoms with Gasteiger partial charge in [-0.25, -0.2) is 0 Å². The number of tetrazole rings is 1. The highest BCUT2D eigenvalue weighted by Crippen LogP contribution is 2.19. The molecule has 0 aliphatic rings. The summed E-state index contributed by atoms with van der Waals surface area (Å²) in [4.78, 5) is 27.6. The van der Waals surface area contributed by atoms with E-state index >= 15 is 0 Å². The third-order valence-electron chi connectivity index (χ3n) is 4.72. The molecule has 0 aliphatic heterocycles. The molecule has 2 aromatic carbocycles. The number of hydrogen-bond acceptors (Lipinski definition) is 5. The van der Waals surface area contributed by atoms with Gasteiger partial charge in [-0.3, -0.25) is 9.59 Å². The fourth-order valence-electron chi connectivity index (χ4n) is 3.02. The van der Waals surface area contributed by atoms with Gasteiger partial charge in [0.25, 0.3) is 5.91 Å². The van der Waals surface area contributed by atoms with Crippen LogP contribution in [0.2, 0.25) is 5.02 Å². The Morgan fingerprint density at radius 3 is 2.40 bits per heavy atom. The van der Waals surface area contributed by atoms with Gasteiger partial charge in [0.15, 0.2) is 6.04 Å². The highest BCUT2D eigenvalue weighted by molar-refractivity contribution is 6.30. The maximum Gasteiger partial charge on any atom is 0.251 e. The molecule has 0 saturated heterocycles. The molecule has 1 heterocycles. The summed E-state index contributed by atoms with van der Waals surface area (Å²) in [5.41, 5.74) is 2.27. The number of amides is 2. The standard InChI is InChI=1S/C21H23ClN6O2/c1-4-18(28-25-19(24-26-28)15-9-11-17(22)12-10-15)21(30)27(3)13-14-5-7-16(8-6-14)20(29)23-2/h5-12,18H,4,13H2,1-3H3,(H,23,29). The predicted molar refractivity (Wildman–Crippen MR) is 114 cm³/mol. The van der Waals surface area contributed by atoms with E-state index in [2.05, 4.69) is 20.7 Å². The van der Waals surface area contributed by atoms with Crippen molar-refractivity contribution in [3.63, 3.8) is 0 Å². The lowest BCUT2D eigenvalue weighted by atomic mass is 10.1. The average molecular weight is 427 g/mol. The number of likely N-dealkylation sites (N-methyl/N-ethyl adjacent to an activating group) is 1. The zero-order valence-corrected chi connectivity index (χ0v) is 17.8. The number of rotatable bonds is 7. The van der Waals surface area contributed by atoms with Crippen LogP contribution in [0.4, 0.5) is 0 Å². The second kappa shape index (κ2) is 9.49. The summed E-state index contributed by atoms with van der Waals surface area (Å²) in [6, 6.07) is 13.7. The van der Waals surface area contributed by atoms with E-state index in [0.717, 1.165) is 11.1 Å². The first-order valence-corrected chi connectivity index (χ1v) is 9.92. The summed E-state index contributed by atoms with van der Waals surface area (Å²) >= 11 is 5.92. The topological polar surface area (TPSA) is 93.0 Å². The molecule has 156 valence electrons. The number of aromatic nitrogens is 4. The fraction of sp³-hybridized carbons (Fsp3) is 0.286. The van der Waals surface area contributed by atoms with Gasteiger partial charge >= 0.3 is 0 Å². The van der Waals surface area contributed by atoms with Gasteiger partial charge in [-0.05, 0) is 53.6 Å². The normalized spacial score (nSPS) is 11.7. The van der Waals surface area contributed by atoms with E-state index in [1.165, 1.54) is 4.80 Å². The van der Waals surface area contributed by atoms with Crippen LogP contribution < -0.4 is 5.32 Å². The molecule has 3 aromatic rings. The molecule has 2 amide bonds. The van der Waals surface area contributed by atoms with E-state index in [1.807, 2.05) is 19.1 Å². The van der Waals surface area contributed by atoms with Crippen molar-refractivity contribution >= 4 is 23.4 Å². The first kappa shape index (κ1) is 21.4. The van der Waals surface area contributed by atoms with Crippen molar-refractivity contribution < 1.29 is 9.59 Å². The van der Waals surface area contributed by atoms with Crippen molar-refractivity contribution in [3.8, 4) is 11.4 Å². The molecular formula is C21H23ClN6O2. The van der Waals surface area contributed by atoms with Gasteiger partial charge in [-0.2, -0.15) is 4.80 Å². The highest BCUT2D eigenvalue weighted by atomic mass is 35.5. The lowest BCUT2D eigenvalue weighted by molar-refractivity contribution is -0.134. The Bertz CT molecular complexity index is 1020. The number of benzene rings is 2. The van der Waals surface area contributed by atoms with Gasteiger partial charge in [0.05, 0.1) is 0 Å². The molecular weight excluding hydrogens is 404 g/mol. The molecule has 3 rings (SSSR count). The summed E-state index contributed by atoms with van der Waals surface area (Å²) in [6.07, 6.45) is 0.523. The molecule has 0 saturated carbocycles. The second-order valence-electron chi connectivity index (χ2n) is 6.83. The SMILES string of the molecule is CCC(C(=O)N(C)Cc1ccc(C(=O)NC)cc1)n1nnc(-c2ccc(Cl)cc2)n1. The zero-order valence-electron chi connectivity index (χ0n) is 17.0. The van der Waals surface area contributed by atoms with Gasteiger partial charge < -0.3 is 10.2 Å². The number of halogens is 1. The van der Waals surface area contributed by atoms with Crippen LogP contribution in [0.15, 0.2) is 48.5 Å². The molecule has 0 aliphatic carbocycles. The summed E-state index contributed by atoms with van der Waals surface area (Å²) in [7, 11) is 3.32. The summed E-state index contributed by atoms with van der Waals surface area (Å²) in [6.45, 7) is 2.31. The van der Waals surface area contributed by atoms with E-state index in [0.29, 0.717) is 29.4 Å². The van der Waals surface area contributed by atoms with E-state index in [-0.39, 0.29) is 11.8 Å². The lowest BCUT2D eigenvalue weighted by Crippen LogP contribution is -2.35. The van der Waals surface area contributed by atoms with Crippen molar-refractivity contribution in [3.05, 3.63) is 64.7 Å². The zero-order chi connectivity index (χ0) is 21.7. The molecule has 0 spiro atoms. The Morgan fingerprint density at radius 1 is 1.13 bits per heavy atom. The predicted octanol–water partition coefficient (Wildman–Crippen LogP) is 2.96. The molecule has 9 heteroatoms. The Hall–Kier alpha value is -3.26. The minimum Gasteiger partial charge on any atom is -0.355 e. The maximum atomic E-state index is 13.0. The first-order valence-electron chi connectivity index (χ1n) is 9.54. The third kappa shape index (κ3) is 4.83. The smallest absolute Gasteiger partial charge is 0.251 e. The van der Waals surface area contributed by atoms with Crippen molar-refractivity contribution in [2.45, 2.75) is 25.9 Å². The number of carbonyl (C=O) groups excluding carboxylic acids is 2. The Balaban J connectivity index is 1.71. The second-order valence-corrected chi connectivity index (χ2v) is 7.27. The molecule has 0 radical (unpaired) electrons. The molecule has 1 unspecified atom stereocenters. The Kier molecular flexibility index (Phi) is 6.79.